The SMILES string of the molecule is Cc1ccc(C)c([C@@H](C)NC(=S)Nc2ccc(S(N)(=O)=O)cc2)c1. The van der Waals surface area contributed by atoms with Gasteiger partial charge in [0.25, 0.3) is 0 Å². The molecule has 128 valence electrons. The first-order valence-electron chi connectivity index (χ1n) is 7.44. The van der Waals surface area contributed by atoms with Gasteiger partial charge < -0.3 is 10.6 Å². The Kier molecular flexibility index (Phi) is 5.58. The van der Waals surface area contributed by atoms with E-state index in [4.69, 9.17) is 17.4 Å². The molecule has 4 N–H and O–H groups in total. The molecule has 0 amide bonds. The Morgan fingerprint density at radius 3 is 2.33 bits per heavy atom. The van der Waals surface area contributed by atoms with Crippen LogP contribution >= 0.6 is 12.2 Å². The Bertz CT molecular complexity index is 847. The number of anilines is 1. The second-order valence-corrected chi connectivity index (χ2v) is 7.72. The molecule has 1 atom stereocenters. The lowest BCUT2D eigenvalue weighted by Crippen LogP contribution is -2.31. The van der Waals surface area contributed by atoms with E-state index in [2.05, 4.69) is 42.7 Å². The molecule has 0 aliphatic rings. The lowest BCUT2D eigenvalue weighted by Gasteiger charge is -2.19. The molecule has 2 aromatic rings. The molecule has 0 aliphatic carbocycles. The molecule has 0 radical (unpaired) electrons. The zero-order valence-electron chi connectivity index (χ0n) is 13.8. The van der Waals surface area contributed by atoms with Gasteiger partial charge in [0.2, 0.25) is 10.0 Å². The summed E-state index contributed by atoms with van der Waals surface area (Å²) in [5, 5.41) is 11.8. The first-order chi connectivity index (χ1) is 11.2. The Hall–Kier alpha value is -1.96. The van der Waals surface area contributed by atoms with Crippen LogP contribution in [0.1, 0.15) is 29.7 Å². The highest BCUT2D eigenvalue weighted by atomic mass is 32.2. The van der Waals surface area contributed by atoms with Crippen molar-refractivity contribution >= 4 is 33.0 Å². The predicted molar refractivity (Wildman–Crippen MR) is 102 cm³/mol. The number of rotatable bonds is 4. The maximum atomic E-state index is 11.2. The third-order valence-electron chi connectivity index (χ3n) is 3.69. The van der Waals surface area contributed by atoms with Crippen molar-refractivity contribution in [2.75, 3.05) is 5.32 Å². The van der Waals surface area contributed by atoms with Gasteiger partial charge in [0.15, 0.2) is 5.11 Å². The minimum absolute atomic E-state index is 0.0496. The van der Waals surface area contributed by atoms with E-state index in [1.165, 1.54) is 28.8 Å². The number of sulfonamides is 1. The highest BCUT2D eigenvalue weighted by Gasteiger charge is 2.11. The van der Waals surface area contributed by atoms with Gasteiger partial charge in [-0.15, -0.1) is 0 Å². The standard InChI is InChI=1S/C17H21N3O2S2/c1-11-4-5-12(2)16(10-11)13(3)19-17(23)20-14-6-8-15(9-7-14)24(18,21)22/h4-10,13H,1-3H3,(H2,18,21,22)(H2,19,20,23)/t13-/m1/s1. The molecule has 0 spiro atoms. The number of thiocarbonyl (C=S) groups is 1. The van der Waals surface area contributed by atoms with Crippen LogP contribution in [0.4, 0.5) is 5.69 Å². The zero-order valence-corrected chi connectivity index (χ0v) is 15.5. The van der Waals surface area contributed by atoms with Crippen molar-refractivity contribution in [3.63, 3.8) is 0 Å². The molecule has 0 unspecified atom stereocenters. The maximum Gasteiger partial charge on any atom is 0.238 e. The van der Waals surface area contributed by atoms with Crippen molar-refractivity contribution in [3.8, 4) is 0 Å². The van der Waals surface area contributed by atoms with Crippen LogP contribution in [0.25, 0.3) is 0 Å². The predicted octanol–water partition coefficient (Wildman–Crippen LogP) is 3.00. The van der Waals surface area contributed by atoms with Gasteiger partial charge in [0.1, 0.15) is 0 Å². The van der Waals surface area contributed by atoms with E-state index in [0.717, 1.165) is 0 Å². The number of nitrogens with two attached hydrogens (primary N) is 1. The van der Waals surface area contributed by atoms with Crippen LogP contribution < -0.4 is 15.8 Å². The average molecular weight is 364 g/mol. The fourth-order valence-electron chi connectivity index (χ4n) is 2.40. The first kappa shape index (κ1) is 18.4. The number of hydrogen-bond donors (Lipinski definition) is 3. The molecule has 0 bridgehead atoms. The zero-order chi connectivity index (χ0) is 17.9. The van der Waals surface area contributed by atoms with Crippen molar-refractivity contribution in [2.45, 2.75) is 31.7 Å². The summed E-state index contributed by atoms with van der Waals surface area (Å²) in [6.45, 7) is 6.16. The van der Waals surface area contributed by atoms with Crippen LogP contribution in [0.2, 0.25) is 0 Å². The Morgan fingerprint density at radius 1 is 1.12 bits per heavy atom. The van der Waals surface area contributed by atoms with Crippen molar-refractivity contribution < 1.29 is 8.42 Å². The lowest BCUT2D eigenvalue weighted by molar-refractivity contribution is 0.598. The molecule has 2 rings (SSSR count). The number of aryl methyl sites for hydroxylation is 2. The summed E-state index contributed by atoms with van der Waals surface area (Å²) < 4.78 is 22.5. The van der Waals surface area contributed by atoms with Crippen LogP contribution in [0.5, 0.6) is 0 Å². The molecule has 0 aliphatic heterocycles. The quantitative estimate of drug-likeness (QED) is 0.727. The van der Waals surface area contributed by atoms with E-state index < -0.39 is 10.0 Å². The second-order valence-electron chi connectivity index (χ2n) is 5.75. The molecule has 0 heterocycles. The van der Waals surface area contributed by atoms with Gasteiger partial charge in [-0.1, -0.05) is 23.8 Å². The summed E-state index contributed by atoms with van der Waals surface area (Å²) in [6, 6.07) is 12.5. The highest BCUT2D eigenvalue weighted by molar-refractivity contribution is 7.89. The number of hydrogen-bond acceptors (Lipinski definition) is 3. The fraction of sp³-hybridized carbons (Fsp3) is 0.235. The molecule has 7 heteroatoms. The van der Waals surface area contributed by atoms with Gasteiger partial charge in [-0.05, 0) is 68.4 Å². The second kappa shape index (κ2) is 7.29. The summed E-state index contributed by atoms with van der Waals surface area (Å²) in [5.74, 6) is 0. The average Bonchev–Trinajstić information content (AvgIpc) is 2.49. The van der Waals surface area contributed by atoms with Gasteiger partial charge in [-0.3, -0.25) is 0 Å². The van der Waals surface area contributed by atoms with Gasteiger partial charge in [-0.25, -0.2) is 13.6 Å². The summed E-state index contributed by atoms with van der Waals surface area (Å²) in [5.41, 5.74) is 4.26. The van der Waals surface area contributed by atoms with Crippen LogP contribution in [0.3, 0.4) is 0 Å². The first-order valence-corrected chi connectivity index (χ1v) is 9.40. The lowest BCUT2D eigenvalue weighted by atomic mass is 10.0. The monoisotopic (exact) mass is 363 g/mol. The maximum absolute atomic E-state index is 11.2. The van der Waals surface area contributed by atoms with E-state index in [-0.39, 0.29) is 10.9 Å². The van der Waals surface area contributed by atoms with Crippen LogP contribution in [0, 0.1) is 13.8 Å². The van der Waals surface area contributed by atoms with Gasteiger partial charge in [0, 0.05) is 5.69 Å². The van der Waals surface area contributed by atoms with E-state index in [0.29, 0.717) is 10.8 Å². The topological polar surface area (TPSA) is 84.2 Å². The molecule has 0 fully saturated rings. The molecule has 5 nitrogen and oxygen atoms in total. The molecule has 0 saturated heterocycles. The van der Waals surface area contributed by atoms with Gasteiger partial charge >= 0.3 is 0 Å². The van der Waals surface area contributed by atoms with Crippen LogP contribution in [0.15, 0.2) is 47.4 Å². The van der Waals surface area contributed by atoms with Crippen LogP contribution in [-0.4, -0.2) is 13.5 Å². The fourth-order valence-corrected chi connectivity index (χ4v) is 3.21. The van der Waals surface area contributed by atoms with Crippen molar-refractivity contribution in [3.05, 3.63) is 59.2 Å². The number of primary sulfonamides is 1. The minimum Gasteiger partial charge on any atom is -0.356 e. The van der Waals surface area contributed by atoms with Crippen molar-refractivity contribution in [1.82, 2.24) is 5.32 Å². The summed E-state index contributed by atoms with van der Waals surface area (Å²) in [4.78, 5) is 0.0654. The molecule has 24 heavy (non-hydrogen) atoms. The molecule has 0 aromatic heterocycles. The van der Waals surface area contributed by atoms with Crippen molar-refractivity contribution in [1.29, 1.82) is 0 Å². The van der Waals surface area contributed by atoms with Gasteiger partial charge in [-0.2, -0.15) is 0 Å². The van der Waals surface area contributed by atoms with Crippen molar-refractivity contribution in [2.24, 2.45) is 5.14 Å². The third-order valence-corrected chi connectivity index (χ3v) is 4.84. The Morgan fingerprint density at radius 2 is 1.75 bits per heavy atom. The van der Waals surface area contributed by atoms with E-state index in [1.807, 2.05) is 6.92 Å². The molecule has 2 aromatic carbocycles. The third kappa shape index (κ3) is 4.77. The molecular weight excluding hydrogens is 342 g/mol. The van der Waals surface area contributed by atoms with E-state index in [1.54, 1.807) is 12.1 Å². The summed E-state index contributed by atoms with van der Waals surface area (Å²) >= 11 is 5.33. The largest absolute Gasteiger partial charge is 0.356 e. The molecule has 0 saturated carbocycles. The highest BCUT2D eigenvalue weighted by Crippen LogP contribution is 2.19. The Labute approximate surface area is 148 Å². The normalized spacial score (nSPS) is 12.5. The minimum atomic E-state index is -3.69. The molecular formula is C17H21N3O2S2. The van der Waals surface area contributed by atoms with Crippen LogP contribution in [-0.2, 0) is 10.0 Å². The summed E-state index contributed by atoms with van der Waals surface area (Å²) in [6.07, 6.45) is 0. The van der Waals surface area contributed by atoms with E-state index in [9.17, 15) is 8.42 Å². The Balaban J connectivity index is 2.04. The number of benzene rings is 2. The summed E-state index contributed by atoms with van der Waals surface area (Å²) in [7, 11) is -3.69. The smallest absolute Gasteiger partial charge is 0.238 e. The number of nitrogens with one attached hydrogen (secondary N) is 2. The van der Waals surface area contributed by atoms with Gasteiger partial charge in [0.05, 0.1) is 10.9 Å². The van der Waals surface area contributed by atoms with E-state index >= 15 is 0 Å².